The van der Waals surface area contributed by atoms with E-state index in [-0.39, 0.29) is 12.2 Å². The van der Waals surface area contributed by atoms with Gasteiger partial charge in [-0.1, -0.05) is 29.3 Å². The third-order valence-electron chi connectivity index (χ3n) is 2.88. The highest BCUT2D eigenvalue weighted by Crippen LogP contribution is 2.28. The first kappa shape index (κ1) is 15.9. The molecule has 0 fully saturated rings. The van der Waals surface area contributed by atoms with Crippen molar-refractivity contribution in [2.45, 2.75) is 6.42 Å². The van der Waals surface area contributed by atoms with E-state index in [2.05, 4.69) is 9.97 Å². The minimum Gasteiger partial charge on any atom is -0.425 e. The molecule has 116 valence electrons. The van der Waals surface area contributed by atoms with Crippen molar-refractivity contribution < 1.29 is 9.53 Å². The lowest BCUT2D eigenvalue weighted by atomic mass is 10.3. The molecule has 0 spiro atoms. The number of hydrogen-bond donors (Lipinski definition) is 0. The van der Waals surface area contributed by atoms with Crippen molar-refractivity contribution in [3.63, 3.8) is 0 Å². The number of carbonyl (C=O) groups excluding carboxylic acids is 1. The third-order valence-corrected chi connectivity index (χ3v) is 4.34. The first-order valence-corrected chi connectivity index (χ1v) is 8.27. The van der Waals surface area contributed by atoms with Gasteiger partial charge in [-0.3, -0.25) is 9.78 Å². The lowest BCUT2D eigenvalue weighted by Crippen LogP contribution is -2.11. The van der Waals surface area contributed by atoms with Gasteiger partial charge >= 0.3 is 5.97 Å². The van der Waals surface area contributed by atoms with E-state index in [0.29, 0.717) is 15.7 Å². The maximum atomic E-state index is 12.0. The molecule has 0 bridgehead atoms. The topological polar surface area (TPSA) is 52.1 Å². The zero-order valence-electron chi connectivity index (χ0n) is 11.7. The second-order valence-electron chi connectivity index (χ2n) is 4.58. The van der Waals surface area contributed by atoms with E-state index >= 15 is 0 Å². The van der Waals surface area contributed by atoms with E-state index in [4.69, 9.17) is 27.9 Å². The summed E-state index contributed by atoms with van der Waals surface area (Å²) in [5.41, 5.74) is 1.40. The summed E-state index contributed by atoms with van der Waals surface area (Å²) in [6.45, 7) is 0. The van der Waals surface area contributed by atoms with Crippen molar-refractivity contribution in [1.82, 2.24) is 9.97 Å². The van der Waals surface area contributed by atoms with E-state index < -0.39 is 5.97 Å². The molecule has 0 aliphatic carbocycles. The van der Waals surface area contributed by atoms with Crippen molar-refractivity contribution >= 4 is 40.5 Å². The Morgan fingerprint density at radius 1 is 1.22 bits per heavy atom. The molecular weight excluding hydrogens is 355 g/mol. The van der Waals surface area contributed by atoms with Gasteiger partial charge in [-0.05, 0) is 24.3 Å². The van der Waals surface area contributed by atoms with Gasteiger partial charge in [0, 0.05) is 22.7 Å². The third kappa shape index (κ3) is 4.07. The molecule has 0 saturated carbocycles. The lowest BCUT2D eigenvalue weighted by Gasteiger charge is -2.05. The highest BCUT2D eigenvalue weighted by molar-refractivity contribution is 7.13. The molecule has 0 N–H and O–H groups in total. The molecule has 0 unspecified atom stereocenters. The van der Waals surface area contributed by atoms with Crippen LogP contribution in [0.1, 0.15) is 5.69 Å². The van der Waals surface area contributed by atoms with Crippen molar-refractivity contribution in [2.75, 3.05) is 0 Å². The maximum absolute atomic E-state index is 12.0. The van der Waals surface area contributed by atoms with Gasteiger partial charge in [0.25, 0.3) is 0 Å². The predicted molar refractivity (Wildman–Crippen MR) is 91.1 cm³/mol. The number of ether oxygens (including phenoxy) is 1. The van der Waals surface area contributed by atoms with Crippen LogP contribution < -0.4 is 4.74 Å². The number of thiazole rings is 1. The van der Waals surface area contributed by atoms with Crippen LogP contribution >= 0.6 is 34.5 Å². The number of rotatable bonds is 4. The summed E-state index contributed by atoms with van der Waals surface area (Å²) in [6.07, 6.45) is 1.75. The monoisotopic (exact) mass is 364 g/mol. The summed E-state index contributed by atoms with van der Waals surface area (Å²) >= 11 is 13.3. The Morgan fingerprint density at radius 3 is 2.87 bits per heavy atom. The molecule has 3 rings (SSSR count). The van der Waals surface area contributed by atoms with Crippen LogP contribution in [0.3, 0.4) is 0 Å². The first-order chi connectivity index (χ1) is 11.1. The van der Waals surface area contributed by atoms with Crippen LogP contribution in [0.2, 0.25) is 10.0 Å². The number of carbonyl (C=O) groups is 1. The molecule has 0 aliphatic rings. The van der Waals surface area contributed by atoms with E-state index in [9.17, 15) is 4.79 Å². The Balaban J connectivity index is 1.69. The zero-order valence-corrected chi connectivity index (χ0v) is 14.0. The smallest absolute Gasteiger partial charge is 0.317 e. The first-order valence-electron chi connectivity index (χ1n) is 6.63. The Kier molecular flexibility index (Phi) is 4.91. The highest BCUT2D eigenvalue weighted by atomic mass is 35.5. The Bertz CT molecular complexity index is 837. The fraction of sp³-hybridized carbons (Fsp3) is 0.0625. The Morgan fingerprint density at radius 2 is 2.09 bits per heavy atom. The molecule has 0 amide bonds. The molecule has 2 aromatic heterocycles. The summed E-state index contributed by atoms with van der Waals surface area (Å²) in [7, 11) is 0. The molecule has 0 saturated heterocycles. The molecule has 2 heterocycles. The predicted octanol–water partition coefficient (Wildman–Crippen LogP) is 4.66. The van der Waals surface area contributed by atoms with Gasteiger partial charge in [0.1, 0.15) is 5.01 Å². The summed E-state index contributed by atoms with van der Waals surface area (Å²) in [4.78, 5) is 20.6. The quantitative estimate of drug-likeness (QED) is 0.498. The molecule has 4 nitrogen and oxygen atoms in total. The zero-order chi connectivity index (χ0) is 16.2. The van der Waals surface area contributed by atoms with Gasteiger partial charge < -0.3 is 4.74 Å². The highest BCUT2D eigenvalue weighted by Gasteiger charge is 2.13. The van der Waals surface area contributed by atoms with E-state index in [0.717, 1.165) is 10.7 Å². The Labute approximate surface area is 146 Å². The van der Waals surface area contributed by atoms with Crippen LogP contribution in [-0.4, -0.2) is 15.9 Å². The Hall–Kier alpha value is -1.95. The van der Waals surface area contributed by atoms with Gasteiger partial charge in [-0.15, -0.1) is 11.3 Å². The second-order valence-corrected chi connectivity index (χ2v) is 6.29. The normalized spacial score (nSPS) is 10.5. The van der Waals surface area contributed by atoms with Crippen LogP contribution in [0.15, 0.2) is 48.0 Å². The number of esters is 1. The molecule has 3 aromatic rings. The molecule has 1 aromatic carbocycles. The maximum Gasteiger partial charge on any atom is 0.317 e. The van der Waals surface area contributed by atoms with E-state index in [1.54, 1.807) is 18.3 Å². The second kappa shape index (κ2) is 7.08. The van der Waals surface area contributed by atoms with Crippen LogP contribution in [-0.2, 0) is 11.2 Å². The van der Waals surface area contributed by atoms with Gasteiger partial charge in [0.15, 0.2) is 5.75 Å². The van der Waals surface area contributed by atoms with Gasteiger partial charge in [0.05, 0.1) is 22.8 Å². The van der Waals surface area contributed by atoms with Crippen molar-refractivity contribution in [3.05, 3.63) is 63.7 Å². The number of hydrogen-bond acceptors (Lipinski definition) is 5. The van der Waals surface area contributed by atoms with E-state index in [1.807, 2.05) is 23.6 Å². The molecule has 0 atom stereocenters. The standard InChI is InChI=1S/C16H10Cl2N2O2S/c17-10-4-5-12(18)14(7-10)22-15(21)8-11-9-23-16(20-11)13-3-1-2-6-19-13/h1-7,9H,8H2. The number of halogens is 2. The number of aromatic nitrogens is 2. The lowest BCUT2D eigenvalue weighted by molar-refractivity contribution is -0.133. The summed E-state index contributed by atoms with van der Waals surface area (Å²) < 4.78 is 5.24. The summed E-state index contributed by atoms with van der Waals surface area (Å²) in [5.74, 6) is -0.212. The summed E-state index contributed by atoms with van der Waals surface area (Å²) in [6, 6.07) is 10.3. The van der Waals surface area contributed by atoms with Crippen LogP contribution in [0.4, 0.5) is 0 Å². The van der Waals surface area contributed by atoms with Crippen molar-refractivity contribution in [2.24, 2.45) is 0 Å². The van der Waals surface area contributed by atoms with Gasteiger partial charge in [-0.2, -0.15) is 0 Å². The fourth-order valence-electron chi connectivity index (χ4n) is 1.86. The molecular formula is C16H10Cl2N2O2S. The van der Waals surface area contributed by atoms with Crippen LogP contribution in [0, 0.1) is 0 Å². The van der Waals surface area contributed by atoms with E-state index in [1.165, 1.54) is 17.4 Å². The molecule has 0 radical (unpaired) electrons. The van der Waals surface area contributed by atoms with Gasteiger partial charge in [0.2, 0.25) is 0 Å². The average Bonchev–Trinajstić information content (AvgIpc) is 3.00. The number of benzene rings is 1. The number of nitrogens with zero attached hydrogens (tertiary/aromatic N) is 2. The molecule has 7 heteroatoms. The van der Waals surface area contributed by atoms with Crippen molar-refractivity contribution in [1.29, 1.82) is 0 Å². The largest absolute Gasteiger partial charge is 0.425 e. The molecule has 0 aliphatic heterocycles. The minimum absolute atomic E-state index is 0.0478. The van der Waals surface area contributed by atoms with Crippen LogP contribution in [0.25, 0.3) is 10.7 Å². The van der Waals surface area contributed by atoms with Gasteiger partial charge in [-0.25, -0.2) is 4.98 Å². The average molecular weight is 365 g/mol. The molecule has 23 heavy (non-hydrogen) atoms. The number of pyridine rings is 1. The van der Waals surface area contributed by atoms with Crippen molar-refractivity contribution in [3.8, 4) is 16.5 Å². The summed E-state index contributed by atoms with van der Waals surface area (Å²) in [5, 5.41) is 3.35. The minimum atomic E-state index is -0.452. The fourth-order valence-corrected chi connectivity index (χ4v) is 2.97. The SMILES string of the molecule is O=C(Cc1csc(-c2ccccn2)n1)Oc1cc(Cl)ccc1Cl. The van der Waals surface area contributed by atoms with Crippen LogP contribution in [0.5, 0.6) is 5.75 Å².